The quantitative estimate of drug-likeness (QED) is 0.644. The minimum Gasteiger partial charge on any atom is -0.490 e. The van der Waals surface area contributed by atoms with Crippen LogP contribution in [0.4, 0.5) is 0 Å². The summed E-state index contributed by atoms with van der Waals surface area (Å²) in [6.45, 7) is 6.33. The van der Waals surface area contributed by atoms with Crippen molar-refractivity contribution in [1.82, 2.24) is 0 Å². The maximum absolute atomic E-state index is 5.51. The third kappa shape index (κ3) is 3.48. The molecule has 1 aromatic carbocycles. The van der Waals surface area contributed by atoms with E-state index in [1.165, 1.54) is 5.56 Å². The average molecular weight is 188 g/mol. The van der Waals surface area contributed by atoms with Crippen molar-refractivity contribution >= 4 is 0 Å². The predicted molar refractivity (Wildman–Crippen MR) is 60.7 cm³/mol. The van der Waals surface area contributed by atoms with Crippen molar-refractivity contribution in [2.45, 2.75) is 13.3 Å². The highest BCUT2D eigenvalue weighted by atomic mass is 16.5. The van der Waals surface area contributed by atoms with Crippen LogP contribution >= 0.6 is 0 Å². The standard InChI is InChI=1S/C13H16O/c1-3-5-10-14-13-9-6-8-12(11-13)7-4-2/h3-6,8-9,11H,2,7,10H2,1H3. The van der Waals surface area contributed by atoms with Crippen molar-refractivity contribution in [3.05, 3.63) is 54.6 Å². The van der Waals surface area contributed by atoms with Gasteiger partial charge in [-0.2, -0.15) is 0 Å². The largest absolute Gasteiger partial charge is 0.490 e. The number of benzene rings is 1. The number of rotatable bonds is 5. The summed E-state index contributed by atoms with van der Waals surface area (Å²) >= 11 is 0. The molecule has 0 aromatic heterocycles. The molecule has 74 valence electrons. The first kappa shape index (κ1) is 10.6. The summed E-state index contributed by atoms with van der Waals surface area (Å²) in [6.07, 6.45) is 6.75. The van der Waals surface area contributed by atoms with Crippen molar-refractivity contribution in [2.75, 3.05) is 6.61 Å². The Morgan fingerprint density at radius 1 is 1.43 bits per heavy atom. The van der Waals surface area contributed by atoms with Gasteiger partial charge in [-0.15, -0.1) is 6.58 Å². The molecule has 1 aromatic rings. The average Bonchev–Trinajstić information content (AvgIpc) is 2.19. The third-order valence-electron chi connectivity index (χ3n) is 1.86. The molecule has 0 aliphatic carbocycles. The summed E-state index contributed by atoms with van der Waals surface area (Å²) in [7, 11) is 0. The topological polar surface area (TPSA) is 9.23 Å². The van der Waals surface area contributed by atoms with Gasteiger partial charge in [0.05, 0.1) is 0 Å². The Morgan fingerprint density at radius 3 is 3.00 bits per heavy atom. The molecular formula is C13H16O. The van der Waals surface area contributed by atoms with Crippen molar-refractivity contribution in [3.8, 4) is 5.75 Å². The first-order valence-corrected chi connectivity index (χ1v) is 4.80. The van der Waals surface area contributed by atoms with E-state index in [-0.39, 0.29) is 0 Å². The molecule has 0 radical (unpaired) electrons. The summed E-state index contributed by atoms with van der Waals surface area (Å²) in [6, 6.07) is 8.09. The van der Waals surface area contributed by atoms with Crippen LogP contribution in [-0.4, -0.2) is 6.61 Å². The Balaban J connectivity index is 2.58. The molecule has 0 aliphatic rings. The van der Waals surface area contributed by atoms with E-state index in [4.69, 9.17) is 4.74 Å². The van der Waals surface area contributed by atoms with Crippen LogP contribution in [0.2, 0.25) is 0 Å². The molecule has 0 N–H and O–H groups in total. The van der Waals surface area contributed by atoms with E-state index in [9.17, 15) is 0 Å². The molecule has 0 atom stereocenters. The summed E-state index contributed by atoms with van der Waals surface area (Å²) in [4.78, 5) is 0. The Labute approximate surface area is 85.7 Å². The lowest BCUT2D eigenvalue weighted by Crippen LogP contribution is -1.93. The lowest BCUT2D eigenvalue weighted by molar-refractivity contribution is 0.362. The van der Waals surface area contributed by atoms with Crippen LogP contribution < -0.4 is 4.74 Å². The molecular weight excluding hydrogens is 172 g/mol. The zero-order valence-corrected chi connectivity index (χ0v) is 8.57. The zero-order chi connectivity index (χ0) is 10.2. The SMILES string of the molecule is C=CCc1cccc(OCC=CC)c1. The lowest BCUT2D eigenvalue weighted by atomic mass is 10.1. The van der Waals surface area contributed by atoms with E-state index in [1.54, 1.807) is 0 Å². The summed E-state index contributed by atoms with van der Waals surface area (Å²) in [5.41, 5.74) is 1.23. The Bertz CT molecular complexity index is 313. The molecule has 0 saturated heterocycles. The summed E-state index contributed by atoms with van der Waals surface area (Å²) in [5.74, 6) is 0.919. The van der Waals surface area contributed by atoms with Gasteiger partial charge >= 0.3 is 0 Å². The second kappa shape index (κ2) is 6.03. The van der Waals surface area contributed by atoms with E-state index in [1.807, 2.05) is 43.4 Å². The van der Waals surface area contributed by atoms with Gasteiger partial charge in [-0.25, -0.2) is 0 Å². The highest BCUT2D eigenvalue weighted by Crippen LogP contribution is 2.13. The second-order valence-electron chi connectivity index (χ2n) is 3.02. The van der Waals surface area contributed by atoms with Gasteiger partial charge in [0.1, 0.15) is 12.4 Å². The number of ether oxygens (including phenoxy) is 1. The predicted octanol–water partition coefficient (Wildman–Crippen LogP) is 3.37. The lowest BCUT2D eigenvalue weighted by Gasteiger charge is -2.04. The van der Waals surface area contributed by atoms with Crippen LogP contribution in [0.3, 0.4) is 0 Å². The second-order valence-corrected chi connectivity index (χ2v) is 3.02. The molecule has 0 fully saturated rings. The fourth-order valence-electron chi connectivity index (χ4n) is 1.17. The minimum atomic E-state index is 0.633. The number of hydrogen-bond donors (Lipinski definition) is 0. The van der Waals surface area contributed by atoms with Gasteiger partial charge in [0.25, 0.3) is 0 Å². The van der Waals surface area contributed by atoms with Crippen LogP contribution in [0.15, 0.2) is 49.1 Å². The Morgan fingerprint density at radius 2 is 2.29 bits per heavy atom. The summed E-state index contributed by atoms with van der Waals surface area (Å²) < 4.78 is 5.51. The smallest absolute Gasteiger partial charge is 0.120 e. The molecule has 0 bridgehead atoms. The highest BCUT2D eigenvalue weighted by Gasteiger charge is 1.93. The first-order chi connectivity index (χ1) is 6.86. The van der Waals surface area contributed by atoms with Gasteiger partial charge in [-0.3, -0.25) is 0 Å². The number of allylic oxidation sites excluding steroid dienone is 2. The van der Waals surface area contributed by atoms with Crippen molar-refractivity contribution in [3.63, 3.8) is 0 Å². The number of hydrogen-bond acceptors (Lipinski definition) is 1. The monoisotopic (exact) mass is 188 g/mol. The van der Waals surface area contributed by atoms with Gasteiger partial charge in [-0.1, -0.05) is 30.4 Å². The van der Waals surface area contributed by atoms with E-state index >= 15 is 0 Å². The third-order valence-corrected chi connectivity index (χ3v) is 1.86. The fourth-order valence-corrected chi connectivity index (χ4v) is 1.17. The maximum atomic E-state index is 5.51. The Kier molecular flexibility index (Phi) is 4.56. The normalized spacial score (nSPS) is 10.4. The van der Waals surface area contributed by atoms with Crippen LogP contribution in [0.25, 0.3) is 0 Å². The molecule has 0 unspecified atom stereocenters. The van der Waals surface area contributed by atoms with E-state index in [2.05, 4.69) is 12.6 Å². The molecule has 0 aliphatic heterocycles. The first-order valence-electron chi connectivity index (χ1n) is 4.80. The van der Waals surface area contributed by atoms with Crippen molar-refractivity contribution in [2.24, 2.45) is 0 Å². The molecule has 0 spiro atoms. The van der Waals surface area contributed by atoms with Crippen molar-refractivity contribution < 1.29 is 4.74 Å². The minimum absolute atomic E-state index is 0.633. The van der Waals surface area contributed by atoms with Gasteiger partial charge in [0.2, 0.25) is 0 Å². The van der Waals surface area contributed by atoms with Crippen LogP contribution in [0, 0.1) is 0 Å². The molecule has 1 heteroatoms. The van der Waals surface area contributed by atoms with Crippen LogP contribution in [-0.2, 0) is 6.42 Å². The van der Waals surface area contributed by atoms with Gasteiger partial charge in [0, 0.05) is 0 Å². The van der Waals surface area contributed by atoms with Crippen molar-refractivity contribution in [1.29, 1.82) is 0 Å². The molecule has 1 rings (SSSR count). The van der Waals surface area contributed by atoms with E-state index < -0.39 is 0 Å². The molecule has 0 heterocycles. The molecule has 0 amide bonds. The van der Waals surface area contributed by atoms with E-state index in [0.29, 0.717) is 6.61 Å². The fraction of sp³-hybridized carbons (Fsp3) is 0.231. The molecule has 1 nitrogen and oxygen atoms in total. The molecule has 0 saturated carbocycles. The van der Waals surface area contributed by atoms with E-state index in [0.717, 1.165) is 12.2 Å². The van der Waals surface area contributed by atoms with Gasteiger partial charge < -0.3 is 4.74 Å². The molecule has 14 heavy (non-hydrogen) atoms. The van der Waals surface area contributed by atoms with Crippen LogP contribution in [0.1, 0.15) is 12.5 Å². The van der Waals surface area contributed by atoms with Gasteiger partial charge in [-0.05, 0) is 31.0 Å². The van der Waals surface area contributed by atoms with Crippen LogP contribution in [0.5, 0.6) is 5.75 Å². The highest BCUT2D eigenvalue weighted by molar-refractivity contribution is 5.29. The maximum Gasteiger partial charge on any atom is 0.120 e. The summed E-state index contributed by atoms with van der Waals surface area (Å²) in [5, 5.41) is 0. The Hall–Kier alpha value is -1.50. The zero-order valence-electron chi connectivity index (χ0n) is 8.57. The van der Waals surface area contributed by atoms with Gasteiger partial charge in [0.15, 0.2) is 0 Å².